The average molecular weight is 240 g/mol. The molecule has 1 rings (SSSR count). The minimum atomic E-state index is -2.15. The minimum absolute atomic E-state index is 0.0453. The molecule has 0 aliphatic heterocycles. The molecule has 0 radical (unpaired) electrons. The van der Waals surface area contributed by atoms with E-state index in [0.717, 1.165) is 6.92 Å². The van der Waals surface area contributed by atoms with Crippen LogP contribution in [0.3, 0.4) is 0 Å². The molecule has 1 aromatic carbocycles. The lowest BCUT2D eigenvalue weighted by Crippen LogP contribution is -2.23. The Morgan fingerprint density at radius 3 is 1.94 bits per heavy atom. The first-order chi connectivity index (χ1) is 7.99. The highest BCUT2D eigenvalue weighted by atomic mass is 19.1. The maximum absolute atomic E-state index is 13.3. The predicted molar refractivity (Wildman–Crippen MR) is 59.5 cm³/mol. The second-order valence-electron chi connectivity index (χ2n) is 3.44. The molecule has 17 heavy (non-hydrogen) atoms. The fourth-order valence-corrected chi connectivity index (χ4v) is 1.28. The van der Waals surface area contributed by atoms with Crippen LogP contribution in [0.25, 0.3) is 0 Å². The molecule has 0 N–H and O–H groups in total. The Morgan fingerprint density at radius 1 is 1.12 bits per heavy atom. The number of halogens is 1. The number of Topliss-reactive ketones (excluding diaryl/α,β-unsaturated/α-hetero) is 2. The molecule has 5 heteroatoms. The molecular weight excluding hydrogens is 227 g/mol. The number of carbonyl (C=O) groups is 2. The molecule has 0 aromatic heterocycles. The van der Waals surface area contributed by atoms with Gasteiger partial charge in [0.1, 0.15) is 11.5 Å². The van der Waals surface area contributed by atoms with E-state index in [4.69, 9.17) is 9.47 Å². The largest absolute Gasteiger partial charge is 0.497 e. The molecule has 1 aromatic rings. The number of alkyl halides is 1. The normalized spacial score (nSPS) is 11.8. The van der Waals surface area contributed by atoms with Gasteiger partial charge in [-0.25, -0.2) is 4.39 Å². The van der Waals surface area contributed by atoms with Crippen molar-refractivity contribution in [1.82, 2.24) is 0 Å². The van der Waals surface area contributed by atoms with Crippen LogP contribution in [0.5, 0.6) is 11.5 Å². The molecule has 4 nitrogen and oxygen atoms in total. The number of rotatable bonds is 5. The molecule has 0 heterocycles. The molecule has 0 spiro atoms. The number of ether oxygens (including phenoxy) is 2. The van der Waals surface area contributed by atoms with Crippen LogP contribution in [0.15, 0.2) is 18.2 Å². The van der Waals surface area contributed by atoms with Crippen LogP contribution >= 0.6 is 0 Å². The van der Waals surface area contributed by atoms with Crippen molar-refractivity contribution in [2.45, 2.75) is 13.1 Å². The van der Waals surface area contributed by atoms with E-state index >= 15 is 0 Å². The molecule has 0 aliphatic carbocycles. The highest BCUT2D eigenvalue weighted by Gasteiger charge is 2.24. The van der Waals surface area contributed by atoms with Gasteiger partial charge in [0, 0.05) is 11.6 Å². The molecule has 92 valence electrons. The van der Waals surface area contributed by atoms with Gasteiger partial charge in [-0.1, -0.05) is 0 Å². The standard InChI is InChI=1S/C12H13FO4/c1-7(14)11(13)12(15)8-4-9(16-2)6-10(5-8)17-3/h4-6,11H,1-3H3. The van der Waals surface area contributed by atoms with Crippen molar-refractivity contribution >= 4 is 11.6 Å². The number of methoxy groups -OCH3 is 2. The quantitative estimate of drug-likeness (QED) is 0.582. The lowest BCUT2D eigenvalue weighted by atomic mass is 10.0. The summed E-state index contributed by atoms with van der Waals surface area (Å²) in [5, 5.41) is 0. The van der Waals surface area contributed by atoms with Crippen LogP contribution in [-0.4, -0.2) is 32.0 Å². The van der Waals surface area contributed by atoms with Gasteiger partial charge in [-0.3, -0.25) is 9.59 Å². The zero-order valence-corrected chi connectivity index (χ0v) is 9.82. The maximum atomic E-state index is 13.3. The van der Waals surface area contributed by atoms with E-state index in [0.29, 0.717) is 11.5 Å². The molecule has 0 saturated carbocycles. The van der Waals surface area contributed by atoms with Crippen molar-refractivity contribution in [2.75, 3.05) is 14.2 Å². The van der Waals surface area contributed by atoms with E-state index in [1.54, 1.807) is 6.07 Å². The fraction of sp³-hybridized carbons (Fsp3) is 0.333. The van der Waals surface area contributed by atoms with Crippen LogP contribution in [0, 0.1) is 0 Å². The van der Waals surface area contributed by atoms with Gasteiger partial charge in [0.05, 0.1) is 14.2 Å². The number of ketones is 2. The van der Waals surface area contributed by atoms with E-state index in [1.165, 1.54) is 26.4 Å². The number of benzene rings is 1. The van der Waals surface area contributed by atoms with Crippen molar-refractivity contribution in [1.29, 1.82) is 0 Å². The van der Waals surface area contributed by atoms with Gasteiger partial charge in [-0.15, -0.1) is 0 Å². The van der Waals surface area contributed by atoms with Gasteiger partial charge >= 0.3 is 0 Å². The molecule has 0 bridgehead atoms. The summed E-state index contributed by atoms with van der Waals surface area (Å²) < 4.78 is 23.2. The highest BCUT2D eigenvalue weighted by molar-refractivity contribution is 6.12. The summed E-state index contributed by atoms with van der Waals surface area (Å²) in [6.45, 7) is 1.03. The first kappa shape index (κ1) is 13.2. The average Bonchev–Trinajstić information content (AvgIpc) is 2.35. The smallest absolute Gasteiger partial charge is 0.220 e. The van der Waals surface area contributed by atoms with Crippen molar-refractivity contribution in [3.8, 4) is 11.5 Å². The highest BCUT2D eigenvalue weighted by Crippen LogP contribution is 2.23. The number of hydrogen-bond donors (Lipinski definition) is 0. The summed E-state index contributed by atoms with van der Waals surface area (Å²) >= 11 is 0. The van der Waals surface area contributed by atoms with Crippen LogP contribution < -0.4 is 9.47 Å². The van der Waals surface area contributed by atoms with Crippen LogP contribution in [-0.2, 0) is 4.79 Å². The topological polar surface area (TPSA) is 52.6 Å². The zero-order valence-electron chi connectivity index (χ0n) is 9.82. The SMILES string of the molecule is COc1cc(OC)cc(C(=O)C(F)C(C)=O)c1. The molecule has 0 aliphatic rings. The van der Waals surface area contributed by atoms with Gasteiger partial charge < -0.3 is 9.47 Å². The Morgan fingerprint density at radius 2 is 1.59 bits per heavy atom. The molecule has 0 fully saturated rings. The Bertz CT molecular complexity index is 420. The Balaban J connectivity index is 3.12. The summed E-state index contributed by atoms with van der Waals surface area (Å²) in [6.07, 6.45) is -2.15. The third kappa shape index (κ3) is 3.03. The third-order valence-corrected chi connectivity index (χ3v) is 2.22. The van der Waals surface area contributed by atoms with E-state index in [2.05, 4.69) is 0 Å². The molecule has 1 unspecified atom stereocenters. The van der Waals surface area contributed by atoms with Crippen molar-refractivity contribution in [2.24, 2.45) is 0 Å². The lowest BCUT2D eigenvalue weighted by Gasteiger charge is -2.08. The summed E-state index contributed by atoms with van der Waals surface area (Å²) in [6, 6.07) is 4.28. The van der Waals surface area contributed by atoms with Gasteiger partial charge in [-0.05, 0) is 19.1 Å². The Kier molecular flexibility index (Phi) is 4.20. The summed E-state index contributed by atoms with van der Waals surface area (Å²) in [5.41, 5.74) is 0.0453. The first-order valence-electron chi connectivity index (χ1n) is 4.91. The van der Waals surface area contributed by atoms with Crippen molar-refractivity contribution in [3.63, 3.8) is 0 Å². The van der Waals surface area contributed by atoms with Crippen molar-refractivity contribution < 1.29 is 23.5 Å². The zero-order chi connectivity index (χ0) is 13.0. The summed E-state index contributed by atoms with van der Waals surface area (Å²) in [5.74, 6) is -0.988. The van der Waals surface area contributed by atoms with E-state index < -0.39 is 17.7 Å². The second kappa shape index (κ2) is 5.43. The Hall–Kier alpha value is -1.91. The van der Waals surface area contributed by atoms with Crippen molar-refractivity contribution in [3.05, 3.63) is 23.8 Å². The van der Waals surface area contributed by atoms with Gasteiger partial charge in [0.25, 0.3) is 0 Å². The monoisotopic (exact) mass is 240 g/mol. The van der Waals surface area contributed by atoms with Crippen LogP contribution in [0.4, 0.5) is 4.39 Å². The summed E-state index contributed by atoms with van der Waals surface area (Å²) in [7, 11) is 2.84. The first-order valence-corrected chi connectivity index (χ1v) is 4.91. The molecule has 1 atom stereocenters. The molecule has 0 amide bonds. The third-order valence-electron chi connectivity index (χ3n) is 2.22. The minimum Gasteiger partial charge on any atom is -0.497 e. The van der Waals surface area contributed by atoms with Gasteiger partial charge in [-0.2, -0.15) is 0 Å². The Labute approximate surface area is 98.3 Å². The fourth-order valence-electron chi connectivity index (χ4n) is 1.28. The van der Waals surface area contributed by atoms with Crippen LogP contribution in [0.2, 0.25) is 0 Å². The number of hydrogen-bond acceptors (Lipinski definition) is 4. The second-order valence-corrected chi connectivity index (χ2v) is 3.44. The van der Waals surface area contributed by atoms with E-state index in [1.807, 2.05) is 0 Å². The maximum Gasteiger partial charge on any atom is 0.220 e. The molecular formula is C12H13FO4. The number of carbonyl (C=O) groups excluding carboxylic acids is 2. The summed E-state index contributed by atoms with van der Waals surface area (Å²) in [4.78, 5) is 22.4. The predicted octanol–water partition coefficient (Wildman–Crippen LogP) is 1.81. The molecule has 0 saturated heterocycles. The lowest BCUT2D eigenvalue weighted by molar-refractivity contribution is -0.120. The van der Waals surface area contributed by atoms with Gasteiger partial charge in [0.2, 0.25) is 12.0 Å². The van der Waals surface area contributed by atoms with E-state index in [-0.39, 0.29) is 5.56 Å². The van der Waals surface area contributed by atoms with Crippen LogP contribution in [0.1, 0.15) is 17.3 Å². The van der Waals surface area contributed by atoms with E-state index in [9.17, 15) is 14.0 Å². The van der Waals surface area contributed by atoms with Gasteiger partial charge in [0.15, 0.2) is 5.78 Å².